The van der Waals surface area contributed by atoms with E-state index >= 15 is 0 Å². The molecule has 1 atom stereocenters. The number of benzene rings is 3. The number of halogens is 2. The second kappa shape index (κ2) is 14.4. The number of amides is 2. The van der Waals surface area contributed by atoms with Crippen molar-refractivity contribution < 1.29 is 22.7 Å². The number of anilines is 1. The molecule has 11 heteroatoms. The first kappa shape index (κ1) is 33.4. The van der Waals surface area contributed by atoms with Crippen molar-refractivity contribution in [2.45, 2.75) is 64.1 Å². The summed E-state index contributed by atoms with van der Waals surface area (Å²) in [4.78, 5) is 29.0. The maximum absolute atomic E-state index is 14.2. The molecule has 0 radical (unpaired) electrons. The number of carbonyl (C=O) groups excluding carboxylic acids is 2. The molecule has 1 unspecified atom stereocenters. The predicted molar refractivity (Wildman–Crippen MR) is 170 cm³/mol. The van der Waals surface area contributed by atoms with Crippen LogP contribution in [-0.4, -0.2) is 49.9 Å². The second-order valence-electron chi connectivity index (χ2n) is 10.7. The molecule has 3 aromatic rings. The zero-order valence-electron chi connectivity index (χ0n) is 24.4. The Morgan fingerprint density at radius 2 is 1.55 bits per heavy atom. The highest BCUT2D eigenvalue weighted by molar-refractivity contribution is 9.10. The molecule has 0 aliphatic heterocycles. The van der Waals surface area contributed by atoms with Crippen LogP contribution in [0.4, 0.5) is 5.69 Å². The first-order valence-electron chi connectivity index (χ1n) is 13.6. The van der Waals surface area contributed by atoms with E-state index in [9.17, 15) is 18.0 Å². The molecule has 8 nitrogen and oxygen atoms in total. The second-order valence-corrected chi connectivity index (χ2v) is 13.9. The Labute approximate surface area is 262 Å². The molecule has 1 N–H and O–H groups in total. The molecule has 3 aromatic carbocycles. The molecule has 226 valence electrons. The molecular weight excluding hydrogens is 642 g/mol. The highest BCUT2D eigenvalue weighted by Gasteiger charge is 2.34. The summed E-state index contributed by atoms with van der Waals surface area (Å²) in [7, 11) is -4.18. The van der Waals surface area contributed by atoms with Gasteiger partial charge in [0, 0.05) is 21.6 Å². The first-order valence-corrected chi connectivity index (χ1v) is 16.2. The zero-order valence-corrected chi connectivity index (χ0v) is 27.6. The van der Waals surface area contributed by atoms with Crippen molar-refractivity contribution in [3.05, 3.63) is 87.9 Å². The van der Waals surface area contributed by atoms with Crippen molar-refractivity contribution in [2.75, 3.05) is 17.5 Å². The lowest BCUT2D eigenvalue weighted by Crippen LogP contribution is -2.55. The Morgan fingerprint density at radius 3 is 2.07 bits per heavy atom. The third kappa shape index (κ3) is 8.96. The van der Waals surface area contributed by atoms with Crippen LogP contribution in [-0.2, 0) is 26.2 Å². The van der Waals surface area contributed by atoms with Crippen molar-refractivity contribution in [2.24, 2.45) is 0 Å². The Balaban J connectivity index is 2.07. The van der Waals surface area contributed by atoms with Crippen LogP contribution in [0.15, 0.2) is 82.2 Å². The van der Waals surface area contributed by atoms with Crippen molar-refractivity contribution in [3.8, 4) is 5.75 Å². The summed E-state index contributed by atoms with van der Waals surface area (Å²) in [6, 6.07) is 18.8. The van der Waals surface area contributed by atoms with E-state index in [4.69, 9.17) is 16.3 Å². The van der Waals surface area contributed by atoms with Crippen LogP contribution in [0.3, 0.4) is 0 Å². The van der Waals surface area contributed by atoms with E-state index in [1.165, 1.54) is 17.0 Å². The monoisotopic (exact) mass is 677 g/mol. The van der Waals surface area contributed by atoms with E-state index in [2.05, 4.69) is 21.2 Å². The average molecular weight is 679 g/mol. The molecular formula is C31H37BrClN3O5S. The van der Waals surface area contributed by atoms with E-state index in [1.807, 2.05) is 34.6 Å². The van der Waals surface area contributed by atoms with Crippen molar-refractivity contribution >= 4 is 55.1 Å². The molecule has 0 spiro atoms. The summed E-state index contributed by atoms with van der Waals surface area (Å²) in [5, 5.41) is 3.50. The molecule has 0 heterocycles. The van der Waals surface area contributed by atoms with Gasteiger partial charge in [-0.3, -0.25) is 13.9 Å². The molecule has 0 aromatic heterocycles. The normalized spacial score (nSPS) is 12.4. The number of sulfonamides is 1. The maximum atomic E-state index is 14.2. The number of ether oxygens (including phenoxy) is 1. The van der Waals surface area contributed by atoms with Gasteiger partial charge in [0.15, 0.2) is 0 Å². The van der Waals surface area contributed by atoms with E-state index in [1.54, 1.807) is 60.7 Å². The summed E-state index contributed by atoms with van der Waals surface area (Å²) in [6.07, 6.45) is 0.323. The van der Waals surface area contributed by atoms with Crippen LogP contribution >= 0.6 is 27.5 Å². The van der Waals surface area contributed by atoms with Gasteiger partial charge in [-0.1, -0.05) is 46.6 Å². The van der Waals surface area contributed by atoms with Crippen LogP contribution in [0, 0.1) is 0 Å². The fourth-order valence-corrected chi connectivity index (χ4v) is 6.10. The van der Waals surface area contributed by atoms with Gasteiger partial charge in [-0.15, -0.1) is 0 Å². The van der Waals surface area contributed by atoms with Gasteiger partial charge in [-0.25, -0.2) is 8.42 Å². The molecule has 0 bridgehead atoms. The minimum atomic E-state index is -4.18. The van der Waals surface area contributed by atoms with Gasteiger partial charge in [0.2, 0.25) is 11.8 Å². The number of nitrogens with one attached hydrogen (secondary N) is 1. The SMILES string of the molecule is CCOc1ccc(N(CC(=O)N(Cc2ccc(Cl)cc2)C(CC)C(=O)NC(C)(C)C)S(=O)(=O)c2ccc(Br)cc2)cc1. The highest BCUT2D eigenvalue weighted by Crippen LogP contribution is 2.28. The van der Waals surface area contributed by atoms with E-state index < -0.39 is 34.1 Å². The summed E-state index contributed by atoms with van der Waals surface area (Å²) >= 11 is 9.42. The first-order chi connectivity index (χ1) is 19.7. The van der Waals surface area contributed by atoms with Gasteiger partial charge < -0.3 is 15.0 Å². The van der Waals surface area contributed by atoms with Gasteiger partial charge in [0.25, 0.3) is 10.0 Å². The minimum Gasteiger partial charge on any atom is -0.494 e. The van der Waals surface area contributed by atoms with Crippen molar-refractivity contribution in [3.63, 3.8) is 0 Å². The van der Waals surface area contributed by atoms with E-state index in [0.717, 1.165) is 14.3 Å². The highest BCUT2D eigenvalue weighted by atomic mass is 79.9. The van der Waals surface area contributed by atoms with Crippen LogP contribution in [0.1, 0.15) is 46.6 Å². The average Bonchev–Trinajstić information content (AvgIpc) is 2.92. The standard InChI is InChI=1S/C31H37BrClN3O5S/c1-6-28(30(38)34-31(3,4)5)35(20-22-8-12-24(33)13-9-22)29(37)21-36(25-14-16-26(17-15-25)41-7-2)42(39,40)27-18-10-23(32)11-19-27/h8-19,28H,6-7,20-21H2,1-5H3,(H,34,38). The largest absolute Gasteiger partial charge is 0.494 e. The van der Waals surface area contributed by atoms with Gasteiger partial charge in [0.05, 0.1) is 17.2 Å². The van der Waals surface area contributed by atoms with Gasteiger partial charge >= 0.3 is 0 Å². The van der Waals surface area contributed by atoms with Gasteiger partial charge in [-0.2, -0.15) is 0 Å². The lowest BCUT2D eigenvalue weighted by molar-refractivity contribution is -0.141. The van der Waals surface area contributed by atoms with Crippen molar-refractivity contribution in [1.82, 2.24) is 10.2 Å². The Morgan fingerprint density at radius 1 is 0.952 bits per heavy atom. The third-order valence-electron chi connectivity index (χ3n) is 6.27. The predicted octanol–water partition coefficient (Wildman–Crippen LogP) is 6.42. The zero-order chi connectivity index (χ0) is 31.1. The Kier molecular flexibility index (Phi) is 11.5. The molecule has 42 heavy (non-hydrogen) atoms. The molecule has 0 aliphatic carbocycles. The number of nitrogens with zero attached hydrogens (tertiary/aromatic N) is 2. The molecule has 0 fully saturated rings. The number of hydrogen-bond acceptors (Lipinski definition) is 5. The summed E-state index contributed by atoms with van der Waals surface area (Å²) < 4.78 is 35.3. The molecule has 3 rings (SSSR count). The molecule has 2 amide bonds. The minimum absolute atomic E-state index is 0.0224. The molecule has 0 aliphatic rings. The Bertz CT molecular complexity index is 1460. The van der Waals surface area contributed by atoms with Gasteiger partial charge in [0.1, 0.15) is 18.3 Å². The molecule has 0 saturated carbocycles. The quantitative estimate of drug-likeness (QED) is 0.239. The molecule has 0 saturated heterocycles. The Hall–Kier alpha value is -3.08. The summed E-state index contributed by atoms with van der Waals surface area (Å²) in [6.45, 7) is 9.27. The fourth-order valence-electron chi connectivity index (χ4n) is 4.30. The van der Waals surface area contributed by atoms with E-state index in [-0.39, 0.29) is 23.0 Å². The topological polar surface area (TPSA) is 96.0 Å². The number of carbonyl (C=O) groups is 2. The third-order valence-corrected chi connectivity index (χ3v) is 8.84. The lowest BCUT2D eigenvalue weighted by atomic mass is 10.1. The summed E-state index contributed by atoms with van der Waals surface area (Å²) in [5.41, 5.74) is 0.505. The van der Waals surface area contributed by atoms with Crippen LogP contribution in [0.2, 0.25) is 5.02 Å². The smallest absolute Gasteiger partial charge is 0.264 e. The maximum Gasteiger partial charge on any atom is 0.264 e. The lowest BCUT2D eigenvalue weighted by Gasteiger charge is -2.34. The van der Waals surface area contributed by atoms with Crippen LogP contribution in [0.25, 0.3) is 0 Å². The van der Waals surface area contributed by atoms with E-state index in [0.29, 0.717) is 23.8 Å². The summed E-state index contributed by atoms with van der Waals surface area (Å²) in [5.74, 6) is -0.283. The number of rotatable bonds is 12. The van der Waals surface area contributed by atoms with Crippen molar-refractivity contribution in [1.29, 1.82) is 0 Å². The number of hydrogen-bond donors (Lipinski definition) is 1. The van der Waals surface area contributed by atoms with Gasteiger partial charge in [-0.05, 0) is 100 Å². The van der Waals surface area contributed by atoms with Crippen LogP contribution in [0.5, 0.6) is 5.75 Å². The van der Waals surface area contributed by atoms with Crippen LogP contribution < -0.4 is 14.4 Å². The fraction of sp³-hybridized carbons (Fsp3) is 0.355.